The molecule has 1 aromatic carbocycles. The van der Waals surface area contributed by atoms with Crippen molar-refractivity contribution in [2.24, 2.45) is 5.92 Å². The number of rotatable bonds is 8. The quantitative estimate of drug-likeness (QED) is 0.437. The second-order valence-corrected chi connectivity index (χ2v) is 10.4. The van der Waals surface area contributed by atoms with E-state index in [0.717, 1.165) is 17.0 Å². The van der Waals surface area contributed by atoms with Crippen LogP contribution >= 0.6 is 35.3 Å². The molecule has 0 aliphatic carbocycles. The maximum Gasteiger partial charge on any atom is 0.266 e. The predicted octanol–water partition coefficient (Wildman–Crippen LogP) is 4.09. The lowest BCUT2D eigenvalue weighted by molar-refractivity contribution is -0.122. The molecule has 0 unspecified atom stereocenters. The van der Waals surface area contributed by atoms with Gasteiger partial charge in [0.2, 0.25) is 17.8 Å². The third-order valence-corrected chi connectivity index (χ3v) is 6.89. The minimum absolute atomic E-state index is 0.152. The number of carbonyl (C=O) groups is 2. The fraction of sp³-hybridized carbons (Fsp3) is 0.381. The molecule has 11 heteroatoms. The Bertz CT molecular complexity index is 1080. The highest BCUT2D eigenvalue weighted by atomic mass is 32.2. The summed E-state index contributed by atoms with van der Waals surface area (Å²) in [6, 6.07) is 5.51. The molecule has 1 N–H and O–H groups in total. The van der Waals surface area contributed by atoms with Gasteiger partial charge in [-0.25, -0.2) is 0 Å². The Balaban J connectivity index is 1.28. The highest BCUT2D eigenvalue weighted by Gasteiger charge is 2.31. The van der Waals surface area contributed by atoms with Crippen molar-refractivity contribution in [2.75, 3.05) is 18.7 Å². The number of nitrogens with zero attached hydrogens (tertiary/aromatic N) is 3. The number of carbonyl (C=O) groups excluding carboxylic acids is 2. The van der Waals surface area contributed by atoms with Gasteiger partial charge in [0, 0.05) is 19.4 Å². The summed E-state index contributed by atoms with van der Waals surface area (Å²) < 4.78 is 11.2. The van der Waals surface area contributed by atoms with Crippen molar-refractivity contribution in [1.29, 1.82) is 0 Å². The van der Waals surface area contributed by atoms with Crippen LogP contribution in [0, 0.1) is 5.92 Å². The zero-order valence-corrected chi connectivity index (χ0v) is 20.1. The van der Waals surface area contributed by atoms with Crippen LogP contribution in [0.5, 0.6) is 11.5 Å². The van der Waals surface area contributed by atoms with E-state index in [9.17, 15) is 9.59 Å². The average molecular weight is 491 g/mol. The van der Waals surface area contributed by atoms with E-state index in [4.69, 9.17) is 21.7 Å². The Labute approximate surface area is 199 Å². The second kappa shape index (κ2) is 9.97. The Morgan fingerprint density at radius 3 is 2.94 bits per heavy atom. The van der Waals surface area contributed by atoms with E-state index in [-0.39, 0.29) is 25.0 Å². The molecule has 0 radical (unpaired) electrons. The highest BCUT2D eigenvalue weighted by Crippen LogP contribution is 2.36. The van der Waals surface area contributed by atoms with Gasteiger partial charge < -0.3 is 14.8 Å². The van der Waals surface area contributed by atoms with E-state index >= 15 is 0 Å². The third-order valence-electron chi connectivity index (χ3n) is 4.65. The van der Waals surface area contributed by atoms with Crippen LogP contribution < -0.4 is 14.8 Å². The van der Waals surface area contributed by atoms with Crippen LogP contribution in [0.1, 0.15) is 37.3 Å². The molecule has 2 aliphatic heterocycles. The van der Waals surface area contributed by atoms with E-state index in [2.05, 4.69) is 29.4 Å². The van der Waals surface area contributed by atoms with Crippen LogP contribution in [0.4, 0.5) is 5.13 Å². The number of ether oxygens (including phenoxy) is 2. The number of thioether (sulfide) groups is 1. The summed E-state index contributed by atoms with van der Waals surface area (Å²) in [5, 5.41) is 12.3. The summed E-state index contributed by atoms with van der Waals surface area (Å²) in [5.74, 6) is 1.53. The second-order valence-electron chi connectivity index (χ2n) is 7.70. The van der Waals surface area contributed by atoms with Gasteiger partial charge >= 0.3 is 0 Å². The molecular weight excluding hydrogens is 468 g/mol. The van der Waals surface area contributed by atoms with Gasteiger partial charge in [0.25, 0.3) is 5.91 Å². The topological polar surface area (TPSA) is 93.7 Å². The van der Waals surface area contributed by atoms with Crippen LogP contribution in [0.15, 0.2) is 23.1 Å². The van der Waals surface area contributed by atoms with Crippen molar-refractivity contribution in [3.8, 4) is 11.5 Å². The lowest BCUT2D eigenvalue weighted by Gasteiger charge is -2.13. The lowest BCUT2D eigenvalue weighted by Crippen LogP contribution is -2.29. The van der Waals surface area contributed by atoms with Crippen LogP contribution in [0.3, 0.4) is 0 Å². The molecule has 2 aliphatic rings. The zero-order chi connectivity index (χ0) is 22.7. The lowest BCUT2D eigenvalue weighted by atomic mass is 10.1. The van der Waals surface area contributed by atoms with Gasteiger partial charge in [-0.15, -0.1) is 10.2 Å². The Morgan fingerprint density at radius 1 is 1.31 bits per heavy atom. The summed E-state index contributed by atoms with van der Waals surface area (Å²) in [6.45, 7) is 4.80. The Hall–Kier alpha value is -2.50. The summed E-state index contributed by atoms with van der Waals surface area (Å²) in [5.41, 5.74) is 0.836. The van der Waals surface area contributed by atoms with Crippen LogP contribution in [-0.2, 0) is 16.0 Å². The largest absolute Gasteiger partial charge is 0.454 e. The minimum atomic E-state index is -0.154. The number of nitrogens with one attached hydrogen (secondary N) is 1. The van der Waals surface area contributed by atoms with Crippen LogP contribution in [0.25, 0.3) is 6.08 Å². The van der Waals surface area contributed by atoms with E-state index in [0.29, 0.717) is 44.7 Å². The third kappa shape index (κ3) is 5.45. The van der Waals surface area contributed by atoms with Gasteiger partial charge in [-0.05, 0) is 36.1 Å². The molecule has 3 heterocycles. The fourth-order valence-electron chi connectivity index (χ4n) is 3.16. The van der Waals surface area contributed by atoms with Crippen LogP contribution in [0.2, 0.25) is 0 Å². The highest BCUT2D eigenvalue weighted by molar-refractivity contribution is 8.26. The maximum absolute atomic E-state index is 12.8. The normalized spacial score (nSPS) is 16.5. The molecule has 0 spiro atoms. The van der Waals surface area contributed by atoms with Crippen molar-refractivity contribution < 1.29 is 19.1 Å². The molecule has 32 heavy (non-hydrogen) atoms. The summed E-state index contributed by atoms with van der Waals surface area (Å²) in [6.07, 6.45) is 3.38. The first kappa shape index (κ1) is 22.7. The van der Waals surface area contributed by atoms with E-state index in [1.54, 1.807) is 6.08 Å². The molecule has 4 rings (SSSR count). The smallest absolute Gasteiger partial charge is 0.266 e. The predicted molar refractivity (Wildman–Crippen MR) is 129 cm³/mol. The SMILES string of the molecule is CC(C)Cc1nnc(NC(=O)CCCN2C(=O)C(=Cc3ccc4c(c3)OCO4)SC2=S)s1. The maximum atomic E-state index is 12.8. The first-order valence-electron chi connectivity index (χ1n) is 10.2. The first-order valence-corrected chi connectivity index (χ1v) is 12.2. The van der Waals surface area contributed by atoms with Gasteiger partial charge in [0.1, 0.15) is 9.33 Å². The molecular formula is C21H22N4O4S3. The number of benzene rings is 1. The molecule has 1 aromatic heterocycles. The van der Waals surface area contributed by atoms with Crippen molar-refractivity contribution in [1.82, 2.24) is 15.1 Å². The molecule has 168 valence electrons. The van der Waals surface area contributed by atoms with Gasteiger partial charge in [-0.1, -0.05) is 55.2 Å². The van der Waals surface area contributed by atoms with E-state index in [1.165, 1.54) is 28.0 Å². The molecule has 2 aromatic rings. The number of aromatic nitrogens is 2. The average Bonchev–Trinajstić information content (AvgIpc) is 3.43. The molecule has 2 amide bonds. The fourth-order valence-corrected chi connectivity index (χ4v) is 5.44. The number of fused-ring (bicyclic) bond motifs is 1. The zero-order valence-electron chi connectivity index (χ0n) is 17.6. The number of thiocarbonyl (C=S) groups is 1. The number of hydrogen-bond donors (Lipinski definition) is 1. The minimum Gasteiger partial charge on any atom is -0.454 e. The Morgan fingerprint density at radius 2 is 2.12 bits per heavy atom. The van der Waals surface area contributed by atoms with Crippen LogP contribution in [-0.4, -0.2) is 44.6 Å². The van der Waals surface area contributed by atoms with Crippen molar-refractivity contribution >= 4 is 62.7 Å². The Kier molecular flexibility index (Phi) is 7.07. The van der Waals surface area contributed by atoms with E-state index < -0.39 is 0 Å². The number of amides is 2. The van der Waals surface area contributed by atoms with Crippen molar-refractivity contribution in [3.05, 3.63) is 33.7 Å². The van der Waals surface area contributed by atoms with Gasteiger partial charge in [0.05, 0.1) is 4.91 Å². The molecule has 0 atom stereocenters. The van der Waals surface area contributed by atoms with Crippen molar-refractivity contribution in [2.45, 2.75) is 33.1 Å². The molecule has 8 nitrogen and oxygen atoms in total. The number of anilines is 1. The first-order chi connectivity index (χ1) is 15.4. The standard InChI is InChI=1S/C21H22N4O4S3/c1-12(2)8-18-23-24-20(32-18)22-17(26)4-3-7-25-19(27)16(31-21(25)30)10-13-5-6-14-15(9-13)29-11-28-14/h5-6,9-10,12H,3-4,7-8,11H2,1-2H3,(H,22,24,26). The molecule has 1 fully saturated rings. The molecule has 1 saturated heterocycles. The summed E-state index contributed by atoms with van der Waals surface area (Å²) >= 11 is 8.03. The van der Waals surface area contributed by atoms with Crippen molar-refractivity contribution in [3.63, 3.8) is 0 Å². The summed E-state index contributed by atoms with van der Waals surface area (Å²) in [4.78, 5) is 27.1. The van der Waals surface area contributed by atoms with E-state index in [1.807, 2.05) is 18.2 Å². The van der Waals surface area contributed by atoms with Gasteiger partial charge in [-0.2, -0.15) is 0 Å². The van der Waals surface area contributed by atoms with Gasteiger partial charge in [0.15, 0.2) is 11.5 Å². The monoisotopic (exact) mass is 490 g/mol. The molecule has 0 bridgehead atoms. The molecule has 0 saturated carbocycles. The van der Waals surface area contributed by atoms with Gasteiger partial charge in [-0.3, -0.25) is 14.5 Å². The number of hydrogen-bond acceptors (Lipinski definition) is 9. The summed E-state index contributed by atoms with van der Waals surface area (Å²) in [7, 11) is 0.